The van der Waals surface area contributed by atoms with Gasteiger partial charge in [-0.3, -0.25) is 0 Å². The summed E-state index contributed by atoms with van der Waals surface area (Å²) < 4.78 is 67.5. The number of hydrogen-bond acceptors (Lipinski definition) is 6. The molecule has 0 unspecified atom stereocenters. The Morgan fingerprint density at radius 1 is 1.52 bits per heavy atom. The minimum atomic E-state index is -4.83. The van der Waals surface area contributed by atoms with Crippen LogP contribution in [0.2, 0.25) is 0 Å². The smallest absolute Gasteiger partial charge is 0.406 e. The van der Waals surface area contributed by atoms with E-state index in [-0.39, 0.29) is 11.7 Å². The first-order chi connectivity index (χ1) is 13.3. The second-order valence-corrected chi connectivity index (χ2v) is 9.45. The molecule has 2 N–H and O–H groups in total. The Morgan fingerprint density at radius 3 is 2.69 bits per heavy atom. The number of hydrogen-bond donors (Lipinski definition) is 1. The van der Waals surface area contributed by atoms with Crippen LogP contribution in [0.15, 0.2) is 47.0 Å². The number of allylic oxidation sites excluding steroid dienone is 4. The lowest BCUT2D eigenvalue weighted by Gasteiger charge is -2.33. The average Bonchev–Trinajstić information content (AvgIpc) is 3.06. The highest BCUT2D eigenvalue weighted by molar-refractivity contribution is 7.89. The average molecular weight is 450 g/mol. The number of rotatable bonds is 6. The summed E-state index contributed by atoms with van der Waals surface area (Å²) >= 11 is 1.27. The van der Waals surface area contributed by atoms with Crippen LogP contribution in [0.25, 0.3) is 5.57 Å². The molecule has 0 aliphatic carbocycles. The predicted octanol–water partition coefficient (Wildman–Crippen LogP) is 3.95. The summed E-state index contributed by atoms with van der Waals surface area (Å²) in [5.74, 6) is -0.775. The van der Waals surface area contributed by atoms with Gasteiger partial charge in [0.15, 0.2) is 0 Å². The molecule has 1 aliphatic heterocycles. The number of nitrogens with zero attached hydrogens (tertiary/aromatic N) is 2. The first kappa shape index (κ1) is 23.0. The molecule has 11 heteroatoms. The fourth-order valence-electron chi connectivity index (χ4n) is 2.79. The van der Waals surface area contributed by atoms with E-state index in [4.69, 9.17) is 5.73 Å². The lowest BCUT2D eigenvalue weighted by Crippen LogP contribution is -2.50. The second kappa shape index (κ2) is 8.23. The summed E-state index contributed by atoms with van der Waals surface area (Å²) in [6.07, 6.45) is -0.800. The fourth-order valence-corrected chi connectivity index (χ4v) is 5.37. The maximum atomic E-state index is 12.6. The van der Waals surface area contributed by atoms with Gasteiger partial charge >= 0.3 is 6.36 Å². The van der Waals surface area contributed by atoms with Gasteiger partial charge in [-0.25, -0.2) is 17.7 Å². The van der Waals surface area contributed by atoms with Crippen molar-refractivity contribution in [3.63, 3.8) is 0 Å². The Labute approximate surface area is 171 Å². The van der Waals surface area contributed by atoms with Gasteiger partial charge in [0.1, 0.15) is 11.3 Å². The number of alkyl halides is 3. The topological polar surface area (TPSA) is 85.0 Å². The van der Waals surface area contributed by atoms with Crippen LogP contribution in [0, 0.1) is 0 Å². The fraction of sp³-hybridized carbons (Fsp3) is 0.389. The molecule has 0 amide bonds. The van der Waals surface area contributed by atoms with Crippen LogP contribution in [0.3, 0.4) is 0 Å². The zero-order valence-corrected chi connectivity index (χ0v) is 17.8. The second-order valence-electron chi connectivity index (χ2n) is 6.54. The Balaban J connectivity index is 2.43. The van der Waals surface area contributed by atoms with Crippen molar-refractivity contribution in [2.45, 2.75) is 32.2 Å². The molecule has 1 atom stereocenters. The summed E-state index contributed by atoms with van der Waals surface area (Å²) in [4.78, 5) is 4.97. The number of guanidine groups is 1. The van der Waals surface area contributed by atoms with Crippen molar-refractivity contribution >= 4 is 32.9 Å². The molecule has 0 aromatic carbocycles. The van der Waals surface area contributed by atoms with Gasteiger partial charge in [-0.2, -0.15) is 0 Å². The van der Waals surface area contributed by atoms with E-state index < -0.39 is 27.7 Å². The number of sulfonamides is 1. The molecule has 6 nitrogen and oxygen atoms in total. The molecule has 0 saturated heterocycles. The quantitative estimate of drug-likeness (QED) is 0.526. The van der Waals surface area contributed by atoms with Crippen LogP contribution in [0.1, 0.15) is 30.7 Å². The highest BCUT2D eigenvalue weighted by Gasteiger charge is 2.41. The number of aliphatic imine (C=N–C) groups is 1. The Kier molecular flexibility index (Phi) is 6.53. The Hall–Kier alpha value is -2.27. The van der Waals surface area contributed by atoms with Crippen LogP contribution >= 0.6 is 11.3 Å². The molecular weight excluding hydrogens is 427 g/mol. The summed E-state index contributed by atoms with van der Waals surface area (Å²) in [6.45, 7) is 6.85. The SMILES string of the molecule is C=C/C=C(\C=C(/CC)c1csc([C@]2(C)CS(=O)(=O)N(C)C(N)=N2)c1)OC(F)(F)F. The van der Waals surface area contributed by atoms with Crippen molar-refractivity contribution < 1.29 is 26.3 Å². The van der Waals surface area contributed by atoms with Crippen LogP contribution in [-0.2, 0) is 20.3 Å². The number of thiophene rings is 1. The zero-order valence-electron chi connectivity index (χ0n) is 16.2. The van der Waals surface area contributed by atoms with Gasteiger partial charge in [-0.1, -0.05) is 19.6 Å². The van der Waals surface area contributed by atoms with E-state index in [0.29, 0.717) is 22.4 Å². The van der Waals surface area contributed by atoms with Crippen LogP contribution < -0.4 is 5.73 Å². The highest BCUT2D eigenvalue weighted by Crippen LogP contribution is 2.38. The van der Waals surface area contributed by atoms with E-state index in [2.05, 4.69) is 16.3 Å². The molecule has 2 rings (SSSR count). The molecule has 1 aromatic heterocycles. The van der Waals surface area contributed by atoms with Gasteiger partial charge in [0.2, 0.25) is 16.0 Å². The third-order valence-electron chi connectivity index (χ3n) is 4.28. The predicted molar refractivity (Wildman–Crippen MR) is 109 cm³/mol. The number of halogens is 3. The van der Waals surface area contributed by atoms with E-state index in [1.54, 1.807) is 25.3 Å². The van der Waals surface area contributed by atoms with Crippen molar-refractivity contribution in [1.29, 1.82) is 0 Å². The Morgan fingerprint density at radius 2 is 2.17 bits per heavy atom. The third-order valence-corrected chi connectivity index (χ3v) is 7.41. The van der Waals surface area contributed by atoms with E-state index in [0.717, 1.165) is 10.4 Å². The number of ether oxygens (including phenoxy) is 1. The third kappa shape index (κ3) is 5.41. The molecule has 0 saturated carbocycles. The standard InChI is InChI=1S/C18H22F3N3O3S2/c1-5-7-14(27-18(19,20)21)8-12(6-2)13-9-15(28-10-13)17(3)11-29(25,26)24(4)16(22)23-17/h5,7-10H,1,6,11H2,2-4H3,(H2,22,23)/b12-8+,14-7+/t17-/m0/s1. The lowest BCUT2D eigenvalue weighted by molar-refractivity contribution is -0.303. The van der Waals surface area contributed by atoms with E-state index >= 15 is 0 Å². The monoisotopic (exact) mass is 449 g/mol. The molecule has 0 bridgehead atoms. The molecule has 1 aromatic rings. The van der Waals surface area contributed by atoms with E-state index in [1.807, 2.05) is 0 Å². The van der Waals surface area contributed by atoms with Crippen molar-refractivity contribution in [2.24, 2.45) is 10.7 Å². The first-order valence-corrected chi connectivity index (χ1v) is 11.0. The normalized spacial score (nSPS) is 23.0. The zero-order chi connectivity index (χ0) is 22.0. The van der Waals surface area contributed by atoms with Crippen molar-refractivity contribution in [3.05, 3.63) is 52.5 Å². The highest BCUT2D eigenvalue weighted by atomic mass is 32.2. The van der Waals surface area contributed by atoms with Crippen LogP contribution in [-0.4, -0.2) is 37.8 Å². The van der Waals surface area contributed by atoms with Crippen molar-refractivity contribution in [3.8, 4) is 0 Å². The van der Waals surface area contributed by atoms with E-state index in [1.165, 1.54) is 30.5 Å². The molecular formula is C18H22F3N3O3S2. The maximum Gasteiger partial charge on any atom is 0.573 e. The lowest BCUT2D eigenvalue weighted by atomic mass is 10.00. The maximum absolute atomic E-state index is 12.6. The molecule has 160 valence electrons. The largest absolute Gasteiger partial charge is 0.573 e. The van der Waals surface area contributed by atoms with Gasteiger partial charge < -0.3 is 10.5 Å². The van der Waals surface area contributed by atoms with Gasteiger partial charge in [0.25, 0.3) is 0 Å². The van der Waals surface area contributed by atoms with Crippen molar-refractivity contribution in [2.75, 3.05) is 12.8 Å². The molecule has 0 radical (unpaired) electrons. The number of nitrogens with two attached hydrogens (primary N) is 1. The molecule has 29 heavy (non-hydrogen) atoms. The molecule has 1 aliphatic rings. The van der Waals surface area contributed by atoms with Crippen LogP contribution in [0.5, 0.6) is 0 Å². The summed E-state index contributed by atoms with van der Waals surface area (Å²) in [5, 5.41) is 1.74. The summed E-state index contributed by atoms with van der Waals surface area (Å²) in [6, 6.07) is 1.72. The molecule has 0 spiro atoms. The summed E-state index contributed by atoms with van der Waals surface area (Å²) in [7, 11) is -2.29. The van der Waals surface area contributed by atoms with Crippen molar-refractivity contribution in [1.82, 2.24) is 4.31 Å². The minimum absolute atomic E-state index is 0.116. The van der Waals surface area contributed by atoms with Crippen LogP contribution in [0.4, 0.5) is 13.2 Å². The first-order valence-electron chi connectivity index (χ1n) is 8.51. The van der Waals surface area contributed by atoms with E-state index in [9.17, 15) is 21.6 Å². The molecule has 0 fully saturated rings. The Bertz CT molecular complexity index is 978. The van der Waals surface area contributed by atoms with Gasteiger partial charge in [0.05, 0.1) is 5.75 Å². The van der Waals surface area contributed by atoms with Gasteiger partial charge in [0, 0.05) is 11.9 Å². The molecule has 2 heterocycles. The van der Waals surface area contributed by atoms with Gasteiger partial charge in [-0.05, 0) is 48.1 Å². The summed E-state index contributed by atoms with van der Waals surface area (Å²) in [5.41, 5.74) is 5.92. The van der Waals surface area contributed by atoms with Gasteiger partial charge in [-0.15, -0.1) is 24.5 Å². The minimum Gasteiger partial charge on any atom is -0.406 e.